The van der Waals surface area contributed by atoms with Gasteiger partial charge in [0.25, 0.3) is 0 Å². The number of nitrogens with zero attached hydrogens (tertiary/aromatic N) is 4. The van der Waals surface area contributed by atoms with Gasteiger partial charge in [0, 0.05) is 85.5 Å². The lowest BCUT2D eigenvalue weighted by Crippen LogP contribution is -2.50. The summed E-state index contributed by atoms with van der Waals surface area (Å²) in [6, 6.07) is 23.0. The van der Waals surface area contributed by atoms with Gasteiger partial charge in [0.05, 0.1) is 85.0 Å². The van der Waals surface area contributed by atoms with Crippen molar-refractivity contribution in [3.63, 3.8) is 0 Å². The summed E-state index contributed by atoms with van der Waals surface area (Å²) in [6.07, 6.45) is 0.716. The zero-order valence-corrected chi connectivity index (χ0v) is 46.9. The monoisotopic (exact) mass is 1150 g/mol. The molecule has 1 heterocycles. The topological polar surface area (TPSA) is 349 Å². The van der Waals surface area contributed by atoms with E-state index in [2.05, 4.69) is 26.6 Å². The smallest absolute Gasteiger partial charge is 0.317 e. The Balaban J connectivity index is 1.12. The highest BCUT2D eigenvalue weighted by atomic mass is 16.6. The highest BCUT2D eigenvalue weighted by Crippen LogP contribution is 2.28. The summed E-state index contributed by atoms with van der Waals surface area (Å²) < 4.78 is 28.5. The number of nitrogens with one attached hydrogen (secondary N) is 6. The Bertz CT molecular complexity index is 2390. The summed E-state index contributed by atoms with van der Waals surface area (Å²) in [5, 5.41) is 50.0. The standard InChI is InChI=1S/C56H83N11O15/c1-42(68)61-36-43-12-14-44(15-13-43)37-62-54(76)48(11-6-16-60-56(57)58)63-55(77)53(45-7-3-2-4-8-45)46-9-5-10-47(35-46)82-34-33-81-32-31-80-30-29-79-28-27-78-26-17-59-49(69)38-64-18-20-65(39-50(70)71)22-24-67(41-52(74)75)25-23-66(21-19-64)40-51(72)73/h2-5,7-10,12-15,35,48,53H,6,11,16-34,36-41H2,1H3,(H,59,69)(H,61,68)(H,62,76)(H,63,77)(H,70,71)(H,72,73)(H,74,75)(H4,57,58,60)/t48-,53-/m1/s1. The number of amides is 4. The van der Waals surface area contributed by atoms with Crippen LogP contribution in [0.5, 0.6) is 5.75 Å². The second-order valence-corrected chi connectivity index (χ2v) is 19.3. The van der Waals surface area contributed by atoms with Gasteiger partial charge in [-0.15, -0.1) is 0 Å². The third-order valence-electron chi connectivity index (χ3n) is 12.8. The number of carbonyl (C=O) groups is 7. The number of benzene rings is 3. The molecule has 4 amide bonds. The Morgan fingerprint density at radius 2 is 1.00 bits per heavy atom. The third-order valence-corrected chi connectivity index (χ3v) is 12.8. The fraction of sp³-hybridized carbons (Fsp3) is 0.536. The molecule has 0 aromatic heterocycles. The maximum atomic E-state index is 14.3. The SMILES string of the molecule is CC(=O)NCc1ccc(CNC(=O)[C@@H](CCCNC(=N)N)NC(=O)[C@H](c2ccccc2)c2cccc(OCCOCCOCCOCCOCCNC(=O)CN3CCN(CC(=O)O)CCN(CC(=O)O)CCN(CC(=O)O)CC3)c2)cc1. The summed E-state index contributed by atoms with van der Waals surface area (Å²) in [4.78, 5) is 93.7. The Morgan fingerprint density at radius 3 is 1.49 bits per heavy atom. The molecular formula is C56H83N11O15. The molecule has 26 nitrogen and oxygen atoms in total. The third kappa shape index (κ3) is 29.4. The molecule has 0 aliphatic carbocycles. The van der Waals surface area contributed by atoms with Crippen LogP contribution in [0.25, 0.3) is 0 Å². The first-order valence-electron chi connectivity index (χ1n) is 27.4. The number of carboxylic acid groups (broad SMARTS) is 3. The van der Waals surface area contributed by atoms with E-state index in [0.29, 0.717) is 102 Å². The number of carbonyl (C=O) groups excluding carboxylic acids is 4. The van der Waals surface area contributed by atoms with Crippen LogP contribution in [0, 0.1) is 5.41 Å². The molecule has 1 aliphatic heterocycles. The summed E-state index contributed by atoms with van der Waals surface area (Å²) in [5.41, 5.74) is 8.60. The Hall–Kier alpha value is -7.30. The number of ether oxygens (including phenoxy) is 5. The average molecular weight is 1150 g/mol. The second-order valence-electron chi connectivity index (χ2n) is 19.3. The van der Waals surface area contributed by atoms with Gasteiger partial charge in [-0.3, -0.25) is 58.6 Å². The van der Waals surface area contributed by atoms with Crippen molar-refractivity contribution in [1.29, 1.82) is 5.41 Å². The molecule has 4 rings (SSSR count). The Kier molecular flexibility index (Phi) is 32.1. The number of guanidine groups is 1. The van der Waals surface area contributed by atoms with E-state index in [1.807, 2.05) is 65.6 Å². The van der Waals surface area contributed by atoms with Gasteiger partial charge in [-0.1, -0.05) is 66.7 Å². The molecule has 3 aromatic carbocycles. The molecular weight excluding hydrogens is 1070 g/mol. The predicted octanol–water partition coefficient (Wildman–Crippen LogP) is -0.444. The minimum atomic E-state index is -1.03. The molecule has 0 radical (unpaired) electrons. The number of carboxylic acids is 3. The van der Waals surface area contributed by atoms with E-state index in [1.54, 1.807) is 32.9 Å². The van der Waals surface area contributed by atoms with Crippen LogP contribution in [0.3, 0.4) is 0 Å². The number of aliphatic carboxylic acids is 3. The van der Waals surface area contributed by atoms with E-state index < -0.39 is 29.9 Å². The van der Waals surface area contributed by atoms with E-state index in [4.69, 9.17) is 34.8 Å². The van der Waals surface area contributed by atoms with Crippen molar-refractivity contribution in [3.8, 4) is 5.75 Å². The van der Waals surface area contributed by atoms with Crippen molar-refractivity contribution in [3.05, 3.63) is 101 Å². The van der Waals surface area contributed by atoms with Gasteiger partial charge in [-0.25, -0.2) is 0 Å². The molecule has 2 atom stereocenters. The molecule has 26 heteroatoms. The van der Waals surface area contributed by atoms with Crippen LogP contribution >= 0.6 is 0 Å². The molecule has 11 N–H and O–H groups in total. The number of hydrogen-bond donors (Lipinski definition) is 10. The fourth-order valence-electron chi connectivity index (χ4n) is 8.58. The van der Waals surface area contributed by atoms with Gasteiger partial charge in [-0.2, -0.15) is 0 Å². The fourth-order valence-corrected chi connectivity index (χ4v) is 8.58. The molecule has 452 valence electrons. The number of nitrogens with two attached hydrogens (primary N) is 1. The molecule has 1 fully saturated rings. The van der Waals surface area contributed by atoms with Crippen molar-refractivity contribution < 1.29 is 72.6 Å². The lowest BCUT2D eigenvalue weighted by atomic mass is 9.90. The van der Waals surface area contributed by atoms with Crippen molar-refractivity contribution >= 4 is 47.5 Å². The van der Waals surface area contributed by atoms with Crippen molar-refractivity contribution in [1.82, 2.24) is 46.2 Å². The van der Waals surface area contributed by atoms with Crippen LogP contribution in [0.4, 0.5) is 0 Å². The zero-order chi connectivity index (χ0) is 59.3. The molecule has 1 aliphatic rings. The molecule has 0 bridgehead atoms. The predicted molar refractivity (Wildman–Crippen MR) is 302 cm³/mol. The van der Waals surface area contributed by atoms with Gasteiger partial charge >= 0.3 is 17.9 Å². The highest BCUT2D eigenvalue weighted by molar-refractivity contribution is 5.92. The molecule has 0 spiro atoms. The maximum absolute atomic E-state index is 14.3. The van der Waals surface area contributed by atoms with Gasteiger partial charge in [-0.05, 0) is 47.2 Å². The van der Waals surface area contributed by atoms with E-state index >= 15 is 0 Å². The molecule has 0 saturated carbocycles. The molecule has 82 heavy (non-hydrogen) atoms. The molecule has 3 aromatic rings. The van der Waals surface area contributed by atoms with Crippen molar-refractivity contribution in [2.75, 3.05) is 151 Å². The number of hydrogen-bond acceptors (Lipinski definition) is 17. The normalized spacial score (nSPS) is 14.7. The van der Waals surface area contributed by atoms with Crippen molar-refractivity contribution in [2.24, 2.45) is 5.73 Å². The summed E-state index contributed by atoms with van der Waals surface area (Å²) >= 11 is 0. The molecule has 1 saturated heterocycles. The van der Waals surface area contributed by atoms with E-state index in [9.17, 15) is 48.9 Å². The maximum Gasteiger partial charge on any atom is 0.317 e. The lowest BCUT2D eigenvalue weighted by Gasteiger charge is -2.32. The first-order valence-corrected chi connectivity index (χ1v) is 27.4. The van der Waals surface area contributed by atoms with Crippen LogP contribution in [0.2, 0.25) is 0 Å². The van der Waals surface area contributed by atoms with E-state index in [1.165, 1.54) is 6.92 Å². The quantitative estimate of drug-likeness (QED) is 0.0199. The number of rotatable bonds is 37. The van der Waals surface area contributed by atoms with Gasteiger partial charge in [0.1, 0.15) is 18.4 Å². The first kappa shape index (κ1) is 67.2. The van der Waals surface area contributed by atoms with Gasteiger partial charge in [0.15, 0.2) is 5.96 Å². The van der Waals surface area contributed by atoms with Crippen LogP contribution < -0.4 is 37.1 Å². The van der Waals surface area contributed by atoms with E-state index in [-0.39, 0.29) is 121 Å². The summed E-state index contributed by atoms with van der Waals surface area (Å²) in [5.74, 6) is -4.70. The van der Waals surface area contributed by atoms with Crippen molar-refractivity contribution in [2.45, 2.75) is 44.8 Å². The van der Waals surface area contributed by atoms with Gasteiger partial charge < -0.3 is 71.3 Å². The van der Waals surface area contributed by atoms with E-state index in [0.717, 1.165) is 11.1 Å². The largest absolute Gasteiger partial charge is 0.491 e. The lowest BCUT2D eigenvalue weighted by molar-refractivity contribution is -0.140. The summed E-state index contributed by atoms with van der Waals surface area (Å²) in [7, 11) is 0. The average Bonchev–Trinajstić information content (AvgIpc) is 3.61. The Morgan fingerprint density at radius 1 is 0.537 bits per heavy atom. The zero-order valence-electron chi connectivity index (χ0n) is 46.9. The minimum absolute atomic E-state index is 0.00468. The molecule has 0 unspecified atom stereocenters. The van der Waals surface area contributed by atoms with Crippen LogP contribution in [-0.4, -0.2) is 240 Å². The summed E-state index contributed by atoms with van der Waals surface area (Å²) in [6.45, 7) is 6.96. The van der Waals surface area contributed by atoms with Crippen LogP contribution in [0.15, 0.2) is 78.9 Å². The van der Waals surface area contributed by atoms with Crippen LogP contribution in [0.1, 0.15) is 47.9 Å². The van der Waals surface area contributed by atoms with Crippen LogP contribution in [-0.2, 0) is 65.6 Å². The van der Waals surface area contributed by atoms with Gasteiger partial charge in [0.2, 0.25) is 23.6 Å². The Labute approximate surface area is 478 Å². The second kappa shape index (κ2) is 39.2. The first-order chi connectivity index (χ1) is 39.5. The minimum Gasteiger partial charge on any atom is -0.491 e. The highest BCUT2D eigenvalue weighted by Gasteiger charge is 2.29.